The Bertz CT molecular complexity index is 1320. The molecular weight excluding hydrogens is 422 g/mol. The Morgan fingerprint density at radius 1 is 1.09 bits per heavy atom. The van der Waals surface area contributed by atoms with E-state index in [0.717, 1.165) is 12.1 Å². The summed E-state index contributed by atoms with van der Waals surface area (Å²) in [6, 6.07) is 20.6. The predicted octanol–water partition coefficient (Wildman–Crippen LogP) is 4.62. The minimum Gasteiger partial charge on any atom is -0.331 e. The van der Waals surface area contributed by atoms with E-state index in [1.165, 1.54) is 12.1 Å². The van der Waals surface area contributed by atoms with E-state index < -0.39 is 17.8 Å². The fourth-order valence-corrected chi connectivity index (χ4v) is 3.54. The standard InChI is InChI=1S/C26H18F2N4O/c27-19-10-11-20(22(28)12-19)21(26(30)18-4-2-1-3-5-18)13-24-31-23(14-25(33)32-24)17-8-6-16(15-29)7-9-17/h1-13,24,30H,14H2,(H,32,33)/b21-13-,30-26?. The molecular formula is C26H18F2N4O. The number of carbonyl (C=O) groups excluding carboxylic acids is 1. The van der Waals surface area contributed by atoms with Gasteiger partial charge in [0.05, 0.1) is 29.5 Å². The smallest absolute Gasteiger partial charge is 0.227 e. The Balaban J connectivity index is 1.79. The lowest BCUT2D eigenvalue weighted by molar-refractivity contribution is -0.120. The van der Waals surface area contributed by atoms with Gasteiger partial charge in [0.2, 0.25) is 5.91 Å². The molecule has 1 aliphatic heterocycles. The first-order chi connectivity index (χ1) is 15.9. The Morgan fingerprint density at radius 3 is 2.48 bits per heavy atom. The van der Waals surface area contributed by atoms with Crippen molar-refractivity contribution in [2.75, 3.05) is 0 Å². The van der Waals surface area contributed by atoms with Gasteiger partial charge >= 0.3 is 0 Å². The van der Waals surface area contributed by atoms with Crippen LogP contribution in [0.4, 0.5) is 8.78 Å². The number of carbonyl (C=O) groups is 1. The predicted molar refractivity (Wildman–Crippen MR) is 122 cm³/mol. The third-order valence-corrected chi connectivity index (χ3v) is 5.16. The number of hydrogen-bond acceptors (Lipinski definition) is 4. The van der Waals surface area contributed by atoms with Crippen molar-refractivity contribution in [3.05, 3.63) is 113 Å². The minimum absolute atomic E-state index is 0.0102. The van der Waals surface area contributed by atoms with Gasteiger partial charge in [-0.05, 0) is 35.9 Å². The number of nitrogens with one attached hydrogen (secondary N) is 2. The zero-order valence-electron chi connectivity index (χ0n) is 17.3. The van der Waals surface area contributed by atoms with Crippen LogP contribution in [0.2, 0.25) is 0 Å². The molecule has 33 heavy (non-hydrogen) atoms. The third kappa shape index (κ3) is 4.91. The van der Waals surface area contributed by atoms with E-state index in [4.69, 9.17) is 10.7 Å². The van der Waals surface area contributed by atoms with Gasteiger partial charge < -0.3 is 5.32 Å². The molecule has 0 radical (unpaired) electrons. The summed E-state index contributed by atoms with van der Waals surface area (Å²) in [5.41, 5.74) is 2.43. The number of aliphatic imine (C=N–C) groups is 1. The first-order valence-electron chi connectivity index (χ1n) is 10.1. The van der Waals surface area contributed by atoms with Crippen molar-refractivity contribution in [1.82, 2.24) is 5.32 Å². The number of benzene rings is 3. The van der Waals surface area contributed by atoms with Gasteiger partial charge in [-0.25, -0.2) is 8.78 Å². The Kier molecular flexibility index (Phi) is 6.18. The molecule has 0 saturated carbocycles. The van der Waals surface area contributed by atoms with Crippen molar-refractivity contribution in [2.45, 2.75) is 12.6 Å². The van der Waals surface area contributed by atoms with Gasteiger partial charge in [-0.2, -0.15) is 5.26 Å². The van der Waals surface area contributed by atoms with Gasteiger partial charge in [-0.1, -0.05) is 42.5 Å². The highest BCUT2D eigenvalue weighted by Gasteiger charge is 2.23. The van der Waals surface area contributed by atoms with Crippen molar-refractivity contribution in [3.8, 4) is 6.07 Å². The molecule has 7 heteroatoms. The fourth-order valence-electron chi connectivity index (χ4n) is 3.54. The molecule has 1 heterocycles. The maximum Gasteiger partial charge on any atom is 0.227 e. The number of amides is 1. The quantitative estimate of drug-likeness (QED) is 0.567. The van der Waals surface area contributed by atoms with Crippen LogP contribution in [0.15, 0.2) is 83.9 Å². The van der Waals surface area contributed by atoms with Gasteiger partial charge in [0.25, 0.3) is 0 Å². The maximum absolute atomic E-state index is 14.7. The van der Waals surface area contributed by atoms with Crippen LogP contribution in [0, 0.1) is 28.4 Å². The highest BCUT2D eigenvalue weighted by Crippen LogP contribution is 2.25. The van der Waals surface area contributed by atoms with Gasteiger partial charge in [0, 0.05) is 22.8 Å². The molecule has 2 N–H and O–H groups in total. The van der Waals surface area contributed by atoms with E-state index in [2.05, 4.69) is 10.3 Å². The molecule has 0 bridgehead atoms. The number of hydrogen-bond donors (Lipinski definition) is 2. The molecule has 3 aromatic rings. The van der Waals surface area contributed by atoms with E-state index >= 15 is 0 Å². The molecule has 0 fully saturated rings. The first-order valence-corrected chi connectivity index (χ1v) is 10.1. The van der Waals surface area contributed by atoms with E-state index in [1.807, 2.05) is 6.07 Å². The van der Waals surface area contributed by atoms with Crippen LogP contribution in [0.1, 0.15) is 28.7 Å². The number of nitrogens with zero attached hydrogens (tertiary/aromatic N) is 2. The highest BCUT2D eigenvalue weighted by atomic mass is 19.1. The van der Waals surface area contributed by atoms with Crippen LogP contribution in [0.5, 0.6) is 0 Å². The average Bonchev–Trinajstić information content (AvgIpc) is 2.83. The number of allylic oxidation sites excluding steroid dienone is 1. The van der Waals surface area contributed by atoms with E-state index in [9.17, 15) is 13.6 Å². The Morgan fingerprint density at radius 2 is 1.82 bits per heavy atom. The molecule has 0 saturated heterocycles. The van der Waals surface area contributed by atoms with E-state index in [1.54, 1.807) is 54.6 Å². The Labute approximate surface area is 189 Å². The largest absolute Gasteiger partial charge is 0.331 e. The molecule has 0 spiro atoms. The van der Waals surface area contributed by atoms with Crippen LogP contribution in [-0.4, -0.2) is 23.5 Å². The molecule has 162 valence electrons. The zero-order valence-corrected chi connectivity index (χ0v) is 17.3. The maximum atomic E-state index is 14.7. The van der Waals surface area contributed by atoms with Crippen molar-refractivity contribution in [3.63, 3.8) is 0 Å². The van der Waals surface area contributed by atoms with Crippen molar-refractivity contribution >= 4 is 22.9 Å². The monoisotopic (exact) mass is 440 g/mol. The van der Waals surface area contributed by atoms with Gasteiger partial charge in [0.15, 0.2) is 0 Å². The minimum atomic E-state index is -0.861. The summed E-state index contributed by atoms with van der Waals surface area (Å²) in [7, 11) is 0. The molecule has 3 aromatic carbocycles. The molecule has 1 aliphatic rings. The summed E-state index contributed by atoms with van der Waals surface area (Å²) in [5, 5.41) is 20.4. The van der Waals surface area contributed by atoms with Gasteiger partial charge in [-0.3, -0.25) is 15.2 Å². The summed E-state index contributed by atoms with van der Waals surface area (Å²) in [6.45, 7) is 0. The van der Waals surface area contributed by atoms with Gasteiger partial charge in [0.1, 0.15) is 17.8 Å². The lowest BCUT2D eigenvalue weighted by Gasteiger charge is -2.21. The molecule has 4 rings (SSSR count). The first kappa shape index (κ1) is 21.8. The van der Waals surface area contributed by atoms with Crippen LogP contribution >= 0.6 is 0 Å². The van der Waals surface area contributed by atoms with Gasteiger partial charge in [-0.15, -0.1) is 0 Å². The second-order valence-corrected chi connectivity index (χ2v) is 7.40. The summed E-state index contributed by atoms with van der Waals surface area (Å²) in [5.74, 6) is -1.83. The van der Waals surface area contributed by atoms with Crippen molar-refractivity contribution in [1.29, 1.82) is 10.7 Å². The molecule has 1 atom stereocenters. The number of halogens is 2. The molecule has 5 nitrogen and oxygen atoms in total. The fraction of sp³-hybridized carbons (Fsp3) is 0.0769. The normalized spacial score (nSPS) is 15.9. The topological polar surface area (TPSA) is 89.1 Å². The van der Waals surface area contributed by atoms with Crippen LogP contribution in [0.3, 0.4) is 0 Å². The summed E-state index contributed by atoms with van der Waals surface area (Å²) in [6.07, 6.45) is 0.680. The lowest BCUT2D eigenvalue weighted by Crippen LogP contribution is -2.39. The van der Waals surface area contributed by atoms with Crippen molar-refractivity contribution in [2.24, 2.45) is 4.99 Å². The van der Waals surface area contributed by atoms with E-state index in [0.29, 0.717) is 22.4 Å². The SMILES string of the molecule is N#Cc1ccc(C2=NC(/C=C(\C(=N)c3ccccc3)c3ccc(F)cc3F)NC(=O)C2)cc1. The van der Waals surface area contributed by atoms with Crippen LogP contribution in [0.25, 0.3) is 5.57 Å². The number of rotatable bonds is 5. The second kappa shape index (κ2) is 9.37. The molecule has 0 aromatic heterocycles. The lowest BCUT2D eigenvalue weighted by atomic mass is 9.94. The molecule has 0 aliphatic carbocycles. The Hall–Kier alpha value is -4.44. The van der Waals surface area contributed by atoms with Crippen LogP contribution in [-0.2, 0) is 4.79 Å². The van der Waals surface area contributed by atoms with Crippen molar-refractivity contribution < 1.29 is 13.6 Å². The zero-order chi connectivity index (χ0) is 23.4. The average molecular weight is 440 g/mol. The molecule has 1 unspecified atom stereocenters. The number of nitriles is 1. The van der Waals surface area contributed by atoms with Crippen LogP contribution < -0.4 is 5.32 Å². The summed E-state index contributed by atoms with van der Waals surface area (Å²) < 4.78 is 28.2. The highest BCUT2D eigenvalue weighted by molar-refractivity contribution is 6.30. The third-order valence-electron chi connectivity index (χ3n) is 5.16. The second-order valence-electron chi connectivity index (χ2n) is 7.40. The summed E-state index contributed by atoms with van der Waals surface area (Å²) >= 11 is 0. The molecule has 1 amide bonds. The summed E-state index contributed by atoms with van der Waals surface area (Å²) in [4.78, 5) is 17.0. The van der Waals surface area contributed by atoms with E-state index in [-0.39, 0.29) is 29.2 Å².